The van der Waals surface area contributed by atoms with E-state index in [0.717, 1.165) is 23.7 Å². The number of amides is 1. The number of unbranched alkanes of at least 4 members (excludes halogenated alkanes) is 4. The highest BCUT2D eigenvalue weighted by Crippen LogP contribution is 2.18. The van der Waals surface area contributed by atoms with E-state index in [4.69, 9.17) is 0 Å². The van der Waals surface area contributed by atoms with Crippen molar-refractivity contribution >= 4 is 29.2 Å². The van der Waals surface area contributed by atoms with Gasteiger partial charge in [0, 0.05) is 18.5 Å². The Morgan fingerprint density at radius 3 is 2.58 bits per heavy atom. The van der Waals surface area contributed by atoms with Gasteiger partial charge in [0.15, 0.2) is 5.69 Å². The summed E-state index contributed by atoms with van der Waals surface area (Å²) in [5.74, 6) is -0.0535. The standard InChI is InChI=1S/C19H29N3O.ClH/c1-4-6-7-8-9-12-15(5-2)20-19(23)18-16-13-10-11-14-17(16)22(3)21-18;/h10-11,13-15H,4-9,12H2,1-3H3,(H,20,23);1H. The van der Waals surface area contributed by atoms with Gasteiger partial charge in [-0.1, -0.05) is 64.2 Å². The summed E-state index contributed by atoms with van der Waals surface area (Å²) >= 11 is 0. The Morgan fingerprint density at radius 2 is 1.88 bits per heavy atom. The van der Waals surface area contributed by atoms with Crippen molar-refractivity contribution in [3.63, 3.8) is 0 Å². The number of para-hydroxylation sites is 1. The van der Waals surface area contributed by atoms with Crippen LogP contribution in [0.2, 0.25) is 0 Å². The first kappa shape index (κ1) is 20.5. The van der Waals surface area contributed by atoms with Crippen LogP contribution in [-0.2, 0) is 7.05 Å². The van der Waals surface area contributed by atoms with E-state index in [2.05, 4.69) is 24.3 Å². The second-order valence-electron chi connectivity index (χ2n) is 6.27. The Bertz CT molecular complexity index is 639. The summed E-state index contributed by atoms with van der Waals surface area (Å²) in [5, 5.41) is 8.49. The molecule has 5 heteroatoms. The van der Waals surface area contributed by atoms with Crippen LogP contribution >= 0.6 is 12.4 Å². The quantitative estimate of drug-likeness (QED) is 0.655. The van der Waals surface area contributed by atoms with Crippen LogP contribution in [0.4, 0.5) is 0 Å². The smallest absolute Gasteiger partial charge is 0.272 e. The third-order valence-electron chi connectivity index (χ3n) is 4.46. The molecule has 1 amide bonds. The van der Waals surface area contributed by atoms with Crippen molar-refractivity contribution < 1.29 is 4.79 Å². The van der Waals surface area contributed by atoms with Gasteiger partial charge in [-0.05, 0) is 18.9 Å². The molecule has 1 N–H and O–H groups in total. The summed E-state index contributed by atoms with van der Waals surface area (Å²) < 4.78 is 1.77. The average molecular weight is 352 g/mol. The van der Waals surface area contributed by atoms with Crippen molar-refractivity contribution in [3.8, 4) is 0 Å². The number of benzene rings is 1. The van der Waals surface area contributed by atoms with Gasteiger partial charge >= 0.3 is 0 Å². The van der Waals surface area contributed by atoms with Crippen LogP contribution in [0, 0.1) is 0 Å². The molecule has 4 nitrogen and oxygen atoms in total. The summed E-state index contributed by atoms with van der Waals surface area (Å²) in [6.07, 6.45) is 8.32. The van der Waals surface area contributed by atoms with E-state index in [0.29, 0.717) is 5.69 Å². The van der Waals surface area contributed by atoms with Gasteiger partial charge < -0.3 is 5.32 Å². The minimum absolute atomic E-state index is 0. The summed E-state index contributed by atoms with van der Waals surface area (Å²) in [5.41, 5.74) is 1.53. The van der Waals surface area contributed by atoms with Crippen LogP contribution in [0.25, 0.3) is 10.9 Å². The molecule has 0 fully saturated rings. The summed E-state index contributed by atoms with van der Waals surface area (Å²) in [6.45, 7) is 4.36. The van der Waals surface area contributed by atoms with Gasteiger partial charge in [-0.2, -0.15) is 5.10 Å². The third-order valence-corrected chi connectivity index (χ3v) is 4.46. The molecule has 0 radical (unpaired) electrons. The Kier molecular flexibility index (Phi) is 8.83. The van der Waals surface area contributed by atoms with Crippen molar-refractivity contribution in [1.82, 2.24) is 15.1 Å². The Labute approximate surface area is 151 Å². The van der Waals surface area contributed by atoms with Crippen molar-refractivity contribution in [3.05, 3.63) is 30.0 Å². The molecule has 2 rings (SSSR count). The molecule has 134 valence electrons. The molecule has 1 aromatic heterocycles. The lowest BCUT2D eigenvalue weighted by molar-refractivity contribution is 0.0929. The minimum Gasteiger partial charge on any atom is -0.348 e. The molecular weight excluding hydrogens is 322 g/mol. The van der Waals surface area contributed by atoms with Crippen LogP contribution < -0.4 is 5.32 Å². The normalized spacial score (nSPS) is 12.0. The van der Waals surface area contributed by atoms with Gasteiger partial charge in [-0.3, -0.25) is 9.48 Å². The highest BCUT2D eigenvalue weighted by Gasteiger charge is 2.18. The molecule has 1 atom stereocenters. The summed E-state index contributed by atoms with van der Waals surface area (Å²) in [6, 6.07) is 8.11. The Hall–Kier alpha value is -1.55. The summed E-state index contributed by atoms with van der Waals surface area (Å²) in [4.78, 5) is 12.6. The van der Waals surface area contributed by atoms with Gasteiger partial charge in [0.25, 0.3) is 5.91 Å². The first-order valence-corrected chi connectivity index (χ1v) is 8.90. The van der Waals surface area contributed by atoms with Gasteiger partial charge in [-0.15, -0.1) is 12.4 Å². The largest absolute Gasteiger partial charge is 0.348 e. The minimum atomic E-state index is -0.0535. The van der Waals surface area contributed by atoms with Gasteiger partial charge in [-0.25, -0.2) is 0 Å². The number of rotatable bonds is 9. The number of hydrogen-bond donors (Lipinski definition) is 1. The number of aryl methyl sites for hydroxylation is 1. The second-order valence-corrected chi connectivity index (χ2v) is 6.27. The monoisotopic (exact) mass is 351 g/mol. The van der Waals surface area contributed by atoms with E-state index in [-0.39, 0.29) is 24.4 Å². The van der Waals surface area contributed by atoms with E-state index in [1.165, 1.54) is 32.1 Å². The number of nitrogens with zero attached hydrogens (tertiary/aromatic N) is 2. The molecule has 0 spiro atoms. The first-order chi connectivity index (χ1) is 11.2. The number of hydrogen-bond acceptors (Lipinski definition) is 2. The highest BCUT2D eigenvalue weighted by molar-refractivity contribution is 6.04. The molecule has 0 aliphatic carbocycles. The fraction of sp³-hybridized carbons (Fsp3) is 0.579. The van der Waals surface area contributed by atoms with Crippen LogP contribution in [0.5, 0.6) is 0 Å². The number of halogens is 1. The average Bonchev–Trinajstić information content (AvgIpc) is 2.91. The van der Waals surface area contributed by atoms with Gasteiger partial charge in [0.2, 0.25) is 0 Å². The summed E-state index contributed by atoms with van der Waals surface area (Å²) in [7, 11) is 1.88. The van der Waals surface area contributed by atoms with Gasteiger partial charge in [0.1, 0.15) is 0 Å². The maximum absolute atomic E-state index is 12.6. The molecule has 2 aromatic rings. The third kappa shape index (κ3) is 5.23. The topological polar surface area (TPSA) is 46.9 Å². The lowest BCUT2D eigenvalue weighted by atomic mass is 10.0. The lowest BCUT2D eigenvalue weighted by Crippen LogP contribution is -2.34. The van der Waals surface area contributed by atoms with E-state index in [9.17, 15) is 4.79 Å². The zero-order valence-corrected chi connectivity index (χ0v) is 15.9. The molecule has 0 aliphatic rings. The van der Waals surface area contributed by atoms with Crippen molar-refractivity contribution in [1.29, 1.82) is 0 Å². The molecule has 24 heavy (non-hydrogen) atoms. The number of fused-ring (bicyclic) bond motifs is 1. The number of aromatic nitrogens is 2. The van der Waals surface area contributed by atoms with E-state index in [1.807, 2.05) is 31.3 Å². The zero-order valence-electron chi connectivity index (χ0n) is 15.0. The molecule has 0 saturated heterocycles. The van der Waals surface area contributed by atoms with Crippen molar-refractivity contribution in [2.24, 2.45) is 7.05 Å². The SMILES string of the molecule is CCCCCCCC(CC)NC(=O)c1nn(C)c2ccccc12.Cl. The number of nitrogens with one attached hydrogen (secondary N) is 1. The molecule has 1 heterocycles. The Morgan fingerprint density at radius 1 is 1.17 bits per heavy atom. The fourth-order valence-electron chi connectivity index (χ4n) is 3.01. The lowest BCUT2D eigenvalue weighted by Gasteiger charge is -2.16. The molecule has 1 aromatic carbocycles. The predicted molar refractivity (Wildman–Crippen MR) is 103 cm³/mol. The maximum atomic E-state index is 12.6. The van der Waals surface area contributed by atoms with Crippen molar-refractivity contribution in [2.45, 2.75) is 64.8 Å². The van der Waals surface area contributed by atoms with Crippen LogP contribution in [0.3, 0.4) is 0 Å². The van der Waals surface area contributed by atoms with Crippen molar-refractivity contribution in [2.75, 3.05) is 0 Å². The number of carbonyl (C=O) groups is 1. The maximum Gasteiger partial charge on any atom is 0.272 e. The zero-order chi connectivity index (χ0) is 16.7. The molecule has 1 unspecified atom stereocenters. The molecular formula is C19H30ClN3O. The Balaban J connectivity index is 0.00000288. The van der Waals surface area contributed by atoms with Crippen LogP contribution in [0.1, 0.15) is 69.3 Å². The number of carbonyl (C=O) groups excluding carboxylic acids is 1. The second kappa shape index (κ2) is 10.3. The van der Waals surface area contributed by atoms with Crippen LogP contribution in [-0.4, -0.2) is 21.7 Å². The highest BCUT2D eigenvalue weighted by atomic mass is 35.5. The van der Waals surface area contributed by atoms with Gasteiger partial charge in [0.05, 0.1) is 5.52 Å². The molecule has 0 aliphatic heterocycles. The predicted octanol–water partition coefficient (Wildman–Crippen LogP) is 4.86. The fourth-order valence-corrected chi connectivity index (χ4v) is 3.01. The molecule has 0 bridgehead atoms. The van der Waals surface area contributed by atoms with E-state index >= 15 is 0 Å². The first-order valence-electron chi connectivity index (χ1n) is 8.90. The van der Waals surface area contributed by atoms with Crippen LogP contribution in [0.15, 0.2) is 24.3 Å². The van der Waals surface area contributed by atoms with E-state index in [1.54, 1.807) is 4.68 Å². The molecule has 0 saturated carbocycles. The van der Waals surface area contributed by atoms with E-state index < -0.39 is 0 Å².